The maximum absolute atomic E-state index is 7.16. The van der Waals surface area contributed by atoms with E-state index >= 15 is 0 Å². The van der Waals surface area contributed by atoms with Gasteiger partial charge in [-0.3, -0.25) is 0 Å². The summed E-state index contributed by atoms with van der Waals surface area (Å²) in [6, 6.07) is 44.2. The summed E-state index contributed by atoms with van der Waals surface area (Å²) >= 11 is 0. The highest BCUT2D eigenvalue weighted by atomic mass is 16.6. The molecule has 0 heterocycles. The molecule has 322 valence electrons. The van der Waals surface area contributed by atoms with Crippen molar-refractivity contribution in [3.8, 4) is 22.6 Å². The van der Waals surface area contributed by atoms with E-state index in [1.54, 1.807) is 16.7 Å². The minimum absolute atomic E-state index is 0.0225. The number of allylic oxidation sites excluding steroid dienone is 4. The Morgan fingerprint density at radius 3 is 1.74 bits per heavy atom. The van der Waals surface area contributed by atoms with Crippen molar-refractivity contribution in [2.45, 2.75) is 117 Å². The van der Waals surface area contributed by atoms with Gasteiger partial charge in [-0.1, -0.05) is 156 Å². The zero-order valence-corrected chi connectivity index (χ0v) is 38.4. The topological polar surface area (TPSA) is 36.9 Å². The lowest BCUT2D eigenvalue weighted by molar-refractivity contribution is -0.117. The lowest BCUT2D eigenvalue weighted by atomic mass is 9.57. The van der Waals surface area contributed by atoms with E-state index in [1.807, 2.05) is 0 Å². The first-order valence-corrected chi connectivity index (χ1v) is 23.5. The van der Waals surface area contributed by atoms with Crippen LogP contribution < -0.4 is 9.47 Å². The fourth-order valence-electron chi connectivity index (χ4n) is 12.2. The van der Waals surface area contributed by atoms with Crippen molar-refractivity contribution in [3.05, 3.63) is 172 Å². The van der Waals surface area contributed by atoms with Crippen LogP contribution in [-0.4, -0.2) is 31.5 Å². The van der Waals surface area contributed by atoms with Crippen LogP contribution in [0.5, 0.6) is 11.5 Å². The van der Waals surface area contributed by atoms with E-state index in [2.05, 4.69) is 183 Å². The summed E-state index contributed by atoms with van der Waals surface area (Å²) in [7, 11) is 0. The number of rotatable bonds is 18. The molecule has 62 heavy (non-hydrogen) atoms. The lowest BCUT2D eigenvalue weighted by Gasteiger charge is -2.45. The second-order valence-corrected chi connectivity index (χ2v) is 19.3. The van der Waals surface area contributed by atoms with Gasteiger partial charge >= 0.3 is 0 Å². The van der Waals surface area contributed by atoms with Crippen LogP contribution in [0.4, 0.5) is 0 Å². The third-order valence-corrected chi connectivity index (χ3v) is 15.0. The average molecular weight is 827 g/mol. The monoisotopic (exact) mass is 826 g/mol. The van der Waals surface area contributed by atoms with E-state index in [4.69, 9.17) is 18.9 Å². The van der Waals surface area contributed by atoms with Crippen molar-refractivity contribution in [2.75, 3.05) is 19.8 Å². The fourth-order valence-corrected chi connectivity index (χ4v) is 12.2. The summed E-state index contributed by atoms with van der Waals surface area (Å²) in [6.07, 6.45) is 8.75. The molecule has 0 saturated heterocycles. The quantitative estimate of drug-likeness (QED) is 0.0651. The molecule has 1 fully saturated rings. The molecule has 4 aliphatic carbocycles. The second kappa shape index (κ2) is 16.7. The van der Waals surface area contributed by atoms with Crippen LogP contribution in [0.1, 0.15) is 127 Å². The first-order valence-electron chi connectivity index (χ1n) is 23.5. The highest BCUT2D eigenvalue weighted by Crippen LogP contribution is 2.74. The summed E-state index contributed by atoms with van der Waals surface area (Å²) in [4.78, 5) is 0. The van der Waals surface area contributed by atoms with Gasteiger partial charge in [0.1, 0.15) is 17.1 Å². The summed E-state index contributed by atoms with van der Waals surface area (Å²) < 4.78 is 26.4. The molecule has 0 N–H and O–H groups in total. The smallest absolute Gasteiger partial charge is 0.145 e. The number of unbranched alkanes of at least 4 members (excludes halogenated alkanes) is 2. The molecule has 0 radical (unpaired) electrons. The Morgan fingerprint density at radius 1 is 0.645 bits per heavy atom. The Kier molecular flexibility index (Phi) is 11.4. The number of hydrogen-bond acceptors (Lipinski definition) is 4. The third kappa shape index (κ3) is 6.70. The summed E-state index contributed by atoms with van der Waals surface area (Å²) in [5.41, 5.74) is 13.9. The molecule has 0 spiro atoms. The molecule has 5 aromatic carbocycles. The Labute approximate surface area is 371 Å². The highest BCUT2D eigenvalue weighted by Gasteiger charge is 2.66. The van der Waals surface area contributed by atoms with Gasteiger partial charge in [0, 0.05) is 22.5 Å². The molecule has 5 unspecified atom stereocenters. The van der Waals surface area contributed by atoms with Gasteiger partial charge < -0.3 is 18.9 Å². The molecular weight excluding hydrogens is 761 g/mol. The van der Waals surface area contributed by atoms with E-state index in [0.717, 1.165) is 55.6 Å². The van der Waals surface area contributed by atoms with E-state index in [-0.39, 0.29) is 22.5 Å². The van der Waals surface area contributed by atoms with E-state index in [9.17, 15) is 0 Å². The molecule has 4 heteroatoms. The molecule has 0 amide bonds. The van der Waals surface area contributed by atoms with E-state index in [0.29, 0.717) is 31.7 Å². The van der Waals surface area contributed by atoms with Crippen LogP contribution in [-0.2, 0) is 20.5 Å². The third-order valence-electron chi connectivity index (χ3n) is 15.0. The largest absolute Gasteiger partial charge is 0.494 e. The van der Waals surface area contributed by atoms with Gasteiger partial charge in [0.15, 0.2) is 0 Å². The molecule has 5 atom stereocenters. The van der Waals surface area contributed by atoms with Crippen molar-refractivity contribution in [2.24, 2.45) is 17.3 Å². The molecular formula is C58H66O4. The Bertz CT molecular complexity index is 2430. The standard InChI is InChI=1S/C58H66O4/c1-9-11-34-55(6,7)62-40(4)38-61-58(50-24-16-12-20-46(50)47-21-13-17-25-51(47)58)43-28-32-45(33-29-43)60-36-19-18-35-59-44-30-26-42(27-31-44)57-49-23-15-14-22-48(49)53-39(3)37-52(41(5)54(53)57)56(57,8)10-2/h12-17,20-33,37,39-41H,9-11,18-19,34-36,38H2,1-8H3. The maximum atomic E-state index is 7.16. The molecule has 0 aromatic heterocycles. The first kappa shape index (κ1) is 42.4. The van der Waals surface area contributed by atoms with Crippen molar-refractivity contribution >= 4 is 5.57 Å². The predicted octanol–water partition coefficient (Wildman–Crippen LogP) is 14.3. The van der Waals surface area contributed by atoms with Gasteiger partial charge in [-0.25, -0.2) is 0 Å². The van der Waals surface area contributed by atoms with Crippen LogP contribution in [0.2, 0.25) is 0 Å². The fraction of sp³-hybridized carbons (Fsp3) is 0.414. The minimum Gasteiger partial charge on any atom is -0.494 e. The van der Waals surface area contributed by atoms with Crippen molar-refractivity contribution in [1.29, 1.82) is 0 Å². The number of ether oxygens (including phenoxy) is 4. The maximum Gasteiger partial charge on any atom is 0.145 e. The average Bonchev–Trinajstić information content (AvgIpc) is 3.81. The van der Waals surface area contributed by atoms with Gasteiger partial charge in [0.25, 0.3) is 0 Å². The Balaban J connectivity index is 0.846. The zero-order valence-electron chi connectivity index (χ0n) is 38.4. The SMILES string of the molecule is CCCCC(C)(C)OC(C)COC1(c2ccc(OCCCCOc3ccc(C45C6=C(c7ccccc74)C(C)C=C(C6C)C5(C)CC)cc3)cc2)c2ccccc2-c2ccccc21. The minimum atomic E-state index is -0.756. The normalized spacial score (nSPS) is 23.1. The summed E-state index contributed by atoms with van der Waals surface area (Å²) in [5.74, 6) is 2.67. The number of hydrogen-bond donors (Lipinski definition) is 0. The van der Waals surface area contributed by atoms with Crippen LogP contribution in [0, 0.1) is 17.3 Å². The van der Waals surface area contributed by atoms with E-state index in [1.165, 1.54) is 38.9 Å². The van der Waals surface area contributed by atoms with Gasteiger partial charge in [0.05, 0.1) is 36.9 Å². The van der Waals surface area contributed by atoms with Gasteiger partial charge in [-0.05, 0) is 121 Å². The van der Waals surface area contributed by atoms with Crippen LogP contribution in [0.25, 0.3) is 16.7 Å². The van der Waals surface area contributed by atoms with Crippen LogP contribution in [0.3, 0.4) is 0 Å². The predicted molar refractivity (Wildman–Crippen MR) is 254 cm³/mol. The molecule has 1 saturated carbocycles. The number of fused-ring (bicyclic) bond motifs is 7. The molecule has 4 nitrogen and oxygen atoms in total. The Morgan fingerprint density at radius 2 is 1.18 bits per heavy atom. The summed E-state index contributed by atoms with van der Waals surface area (Å²) in [5, 5.41) is 0. The van der Waals surface area contributed by atoms with Crippen LogP contribution in [0.15, 0.2) is 139 Å². The zero-order chi connectivity index (χ0) is 43.3. The van der Waals surface area contributed by atoms with E-state index < -0.39 is 5.60 Å². The highest BCUT2D eigenvalue weighted by molar-refractivity contribution is 5.90. The van der Waals surface area contributed by atoms with Crippen molar-refractivity contribution in [1.82, 2.24) is 0 Å². The molecule has 5 aromatic rings. The molecule has 2 bridgehead atoms. The number of benzene rings is 5. The van der Waals surface area contributed by atoms with Gasteiger partial charge in [-0.15, -0.1) is 0 Å². The second-order valence-electron chi connectivity index (χ2n) is 19.3. The molecule has 0 aliphatic heterocycles. The van der Waals surface area contributed by atoms with Crippen LogP contribution >= 0.6 is 0 Å². The van der Waals surface area contributed by atoms with Crippen molar-refractivity contribution in [3.63, 3.8) is 0 Å². The Hall–Kier alpha value is -4.90. The molecule has 9 rings (SSSR count). The molecule has 4 aliphatic rings. The first-order chi connectivity index (χ1) is 30.0. The summed E-state index contributed by atoms with van der Waals surface area (Å²) in [6.45, 7) is 20.2. The lowest BCUT2D eigenvalue weighted by Crippen LogP contribution is -2.41. The van der Waals surface area contributed by atoms with Crippen molar-refractivity contribution < 1.29 is 18.9 Å². The van der Waals surface area contributed by atoms with Gasteiger partial charge in [-0.2, -0.15) is 0 Å². The van der Waals surface area contributed by atoms with Gasteiger partial charge in [0.2, 0.25) is 0 Å².